The molecular formula is C12H19NS. The van der Waals surface area contributed by atoms with E-state index in [1.165, 1.54) is 38.6 Å². The van der Waals surface area contributed by atoms with Gasteiger partial charge in [-0.25, -0.2) is 0 Å². The van der Waals surface area contributed by atoms with Crippen molar-refractivity contribution in [3.8, 4) is 0 Å². The lowest BCUT2D eigenvalue weighted by Crippen LogP contribution is -2.28. The highest BCUT2D eigenvalue weighted by molar-refractivity contribution is 7.10. The molecule has 1 aromatic rings. The quantitative estimate of drug-likeness (QED) is 0.748. The molecule has 0 aromatic carbocycles. The molecule has 2 heteroatoms. The number of hydrogen-bond donors (Lipinski definition) is 1. The molecule has 1 aromatic heterocycles. The van der Waals surface area contributed by atoms with E-state index in [1.54, 1.807) is 10.4 Å². The van der Waals surface area contributed by atoms with Crippen LogP contribution in [0.4, 0.5) is 0 Å². The number of nitrogens with one attached hydrogen (secondary N) is 1. The van der Waals surface area contributed by atoms with Crippen LogP contribution in [0, 0.1) is 0 Å². The Bertz CT molecular complexity index is 280. The number of fused-ring (bicyclic) bond motifs is 1. The Balaban J connectivity index is 1.94. The van der Waals surface area contributed by atoms with Crippen LogP contribution in [0.2, 0.25) is 0 Å². The normalized spacial score (nSPS) is 20.8. The van der Waals surface area contributed by atoms with Crippen molar-refractivity contribution in [2.75, 3.05) is 6.54 Å². The van der Waals surface area contributed by atoms with E-state index in [0.29, 0.717) is 6.04 Å². The van der Waals surface area contributed by atoms with Gasteiger partial charge in [-0.3, -0.25) is 0 Å². The number of unbranched alkanes of at least 4 members (excludes halogenated alkanes) is 2. The zero-order valence-electron chi connectivity index (χ0n) is 8.88. The van der Waals surface area contributed by atoms with Crippen molar-refractivity contribution in [3.63, 3.8) is 0 Å². The molecule has 1 aliphatic heterocycles. The maximum Gasteiger partial charge on any atom is 0.0331 e. The second-order valence-electron chi connectivity index (χ2n) is 4.05. The predicted molar refractivity (Wildman–Crippen MR) is 62.9 cm³/mol. The highest BCUT2D eigenvalue weighted by Crippen LogP contribution is 2.30. The average molecular weight is 209 g/mol. The van der Waals surface area contributed by atoms with Crippen molar-refractivity contribution in [3.05, 3.63) is 21.9 Å². The first-order valence-corrected chi connectivity index (χ1v) is 6.59. The highest BCUT2D eigenvalue weighted by Gasteiger charge is 2.19. The Morgan fingerprint density at radius 1 is 1.50 bits per heavy atom. The van der Waals surface area contributed by atoms with Gasteiger partial charge in [-0.1, -0.05) is 26.2 Å². The fourth-order valence-electron chi connectivity index (χ4n) is 2.19. The summed E-state index contributed by atoms with van der Waals surface area (Å²) < 4.78 is 0. The molecule has 0 bridgehead atoms. The first-order chi connectivity index (χ1) is 6.92. The molecule has 0 fully saturated rings. The van der Waals surface area contributed by atoms with Crippen molar-refractivity contribution in [1.82, 2.24) is 5.32 Å². The van der Waals surface area contributed by atoms with E-state index in [2.05, 4.69) is 23.7 Å². The highest BCUT2D eigenvalue weighted by atomic mass is 32.1. The second-order valence-corrected chi connectivity index (χ2v) is 5.05. The van der Waals surface area contributed by atoms with E-state index in [-0.39, 0.29) is 0 Å². The molecule has 2 rings (SSSR count). The Hall–Kier alpha value is -0.340. The summed E-state index contributed by atoms with van der Waals surface area (Å²) in [4.78, 5) is 1.62. The van der Waals surface area contributed by atoms with Crippen molar-refractivity contribution in [2.24, 2.45) is 0 Å². The lowest BCUT2D eigenvalue weighted by atomic mass is 9.97. The predicted octanol–water partition coefficient (Wildman–Crippen LogP) is 3.52. The van der Waals surface area contributed by atoms with Crippen molar-refractivity contribution in [2.45, 2.75) is 45.1 Å². The minimum atomic E-state index is 0.650. The van der Waals surface area contributed by atoms with Crippen LogP contribution < -0.4 is 5.32 Å². The molecule has 0 saturated heterocycles. The van der Waals surface area contributed by atoms with Crippen molar-refractivity contribution < 1.29 is 0 Å². The molecule has 1 aliphatic rings. The molecule has 1 atom stereocenters. The maximum absolute atomic E-state index is 3.63. The van der Waals surface area contributed by atoms with Gasteiger partial charge < -0.3 is 5.32 Å². The van der Waals surface area contributed by atoms with E-state index < -0.39 is 0 Å². The molecule has 0 aliphatic carbocycles. The fraction of sp³-hybridized carbons (Fsp3) is 0.667. The van der Waals surface area contributed by atoms with Crippen molar-refractivity contribution in [1.29, 1.82) is 0 Å². The Kier molecular flexibility index (Phi) is 3.60. The van der Waals surface area contributed by atoms with Gasteiger partial charge in [-0.2, -0.15) is 0 Å². The third kappa shape index (κ3) is 2.18. The Morgan fingerprint density at radius 2 is 2.43 bits per heavy atom. The van der Waals surface area contributed by atoms with Gasteiger partial charge >= 0.3 is 0 Å². The lowest BCUT2D eigenvalue weighted by molar-refractivity contribution is 0.458. The second kappa shape index (κ2) is 4.94. The number of thiophene rings is 1. The summed E-state index contributed by atoms with van der Waals surface area (Å²) >= 11 is 1.93. The van der Waals surface area contributed by atoms with Gasteiger partial charge in [0.1, 0.15) is 0 Å². The Morgan fingerprint density at radius 3 is 3.29 bits per heavy atom. The molecule has 1 unspecified atom stereocenters. The molecule has 0 amide bonds. The summed E-state index contributed by atoms with van der Waals surface area (Å²) in [6, 6.07) is 2.96. The first kappa shape index (κ1) is 10.2. The van der Waals surface area contributed by atoms with Gasteiger partial charge in [0.25, 0.3) is 0 Å². The summed E-state index contributed by atoms with van der Waals surface area (Å²) in [6.45, 7) is 3.44. The Labute approximate surface area is 90.5 Å². The molecule has 14 heavy (non-hydrogen) atoms. The summed E-state index contributed by atoms with van der Waals surface area (Å²) in [7, 11) is 0. The molecule has 2 heterocycles. The summed E-state index contributed by atoms with van der Waals surface area (Å²) in [5.74, 6) is 0. The van der Waals surface area contributed by atoms with Gasteiger partial charge in [0.05, 0.1) is 0 Å². The molecular weight excluding hydrogens is 190 g/mol. The lowest BCUT2D eigenvalue weighted by Gasteiger charge is -2.24. The van der Waals surface area contributed by atoms with Gasteiger partial charge in [-0.15, -0.1) is 11.3 Å². The van der Waals surface area contributed by atoms with Crippen LogP contribution in [0.5, 0.6) is 0 Å². The van der Waals surface area contributed by atoms with Gasteiger partial charge in [0.15, 0.2) is 0 Å². The molecule has 1 N–H and O–H groups in total. The maximum atomic E-state index is 3.63. The van der Waals surface area contributed by atoms with Crippen LogP contribution in [0.1, 0.15) is 49.1 Å². The van der Waals surface area contributed by atoms with Crippen LogP contribution in [0.25, 0.3) is 0 Å². The van der Waals surface area contributed by atoms with E-state index >= 15 is 0 Å². The number of hydrogen-bond acceptors (Lipinski definition) is 2. The zero-order valence-corrected chi connectivity index (χ0v) is 9.70. The van der Waals surface area contributed by atoms with Crippen LogP contribution >= 0.6 is 11.3 Å². The van der Waals surface area contributed by atoms with E-state index in [1.807, 2.05) is 11.3 Å². The van der Waals surface area contributed by atoms with E-state index in [9.17, 15) is 0 Å². The SMILES string of the molecule is CCCCCC1NCCc2sccc21. The summed E-state index contributed by atoms with van der Waals surface area (Å²) in [5.41, 5.74) is 1.58. The summed E-state index contributed by atoms with van der Waals surface area (Å²) in [6.07, 6.45) is 6.61. The molecule has 0 spiro atoms. The summed E-state index contributed by atoms with van der Waals surface area (Å²) in [5, 5.41) is 5.87. The fourth-order valence-corrected chi connectivity index (χ4v) is 3.14. The van der Waals surface area contributed by atoms with Gasteiger partial charge in [-0.05, 0) is 29.9 Å². The largest absolute Gasteiger partial charge is 0.310 e. The van der Waals surface area contributed by atoms with Crippen LogP contribution in [0.3, 0.4) is 0 Å². The van der Waals surface area contributed by atoms with E-state index in [4.69, 9.17) is 0 Å². The monoisotopic (exact) mass is 209 g/mol. The minimum absolute atomic E-state index is 0.650. The van der Waals surface area contributed by atoms with Crippen LogP contribution in [-0.2, 0) is 6.42 Å². The standard InChI is InChI=1S/C12H19NS/c1-2-3-4-5-11-10-7-9-14-12(10)6-8-13-11/h7,9,11,13H,2-6,8H2,1H3. The van der Waals surface area contributed by atoms with Gasteiger partial charge in [0.2, 0.25) is 0 Å². The first-order valence-electron chi connectivity index (χ1n) is 5.71. The smallest absolute Gasteiger partial charge is 0.0331 e. The molecule has 0 saturated carbocycles. The number of rotatable bonds is 4. The zero-order chi connectivity index (χ0) is 9.80. The van der Waals surface area contributed by atoms with E-state index in [0.717, 1.165) is 0 Å². The van der Waals surface area contributed by atoms with Crippen molar-refractivity contribution >= 4 is 11.3 Å². The average Bonchev–Trinajstić information content (AvgIpc) is 2.67. The topological polar surface area (TPSA) is 12.0 Å². The molecule has 1 nitrogen and oxygen atoms in total. The minimum Gasteiger partial charge on any atom is -0.310 e. The van der Waals surface area contributed by atoms with Crippen LogP contribution in [-0.4, -0.2) is 6.54 Å². The molecule has 78 valence electrons. The van der Waals surface area contributed by atoms with Gasteiger partial charge in [0, 0.05) is 17.5 Å². The third-order valence-electron chi connectivity index (χ3n) is 2.99. The van der Waals surface area contributed by atoms with Crippen LogP contribution in [0.15, 0.2) is 11.4 Å². The molecule has 0 radical (unpaired) electrons. The third-order valence-corrected chi connectivity index (χ3v) is 3.99.